The predicted molar refractivity (Wildman–Crippen MR) is 92.7 cm³/mol. The van der Waals surface area contributed by atoms with Gasteiger partial charge in [0.15, 0.2) is 17.3 Å². The van der Waals surface area contributed by atoms with Crippen LogP contribution in [0.25, 0.3) is 0 Å². The van der Waals surface area contributed by atoms with Crippen LogP contribution in [0.5, 0.6) is 0 Å². The van der Waals surface area contributed by atoms with Gasteiger partial charge in [0, 0.05) is 35.7 Å². The van der Waals surface area contributed by atoms with Gasteiger partial charge in [0.25, 0.3) is 0 Å². The second-order valence-corrected chi connectivity index (χ2v) is 8.90. The summed E-state index contributed by atoms with van der Waals surface area (Å²) < 4.78 is 5.66. The zero-order valence-electron chi connectivity index (χ0n) is 15.5. The van der Waals surface area contributed by atoms with Gasteiger partial charge in [-0.2, -0.15) is 0 Å². The Balaban J connectivity index is 1.78. The molecule has 4 aliphatic rings. The minimum Gasteiger partial charge on any atom is -0.490 e. The largest absolute Gasteiger partial charge is 0.490 e. The molecule has 4 heteroatoms. The van der Waals surface area contributed by atoms with E-state index in [-0.39, 0.29) is 28.3 Å². The van der Waals surface area contributed by atoms with Gasteiger partial charge in [-0.25, -0.2) is 0 Å². The molecule has 0 aromatic carbocycles. The predicted octanol–water partition coefficient (Wildman–Crippen LogP) is 3.63. The van der Waals surface area contributed by atoms with Crippen molar-refractivity contribution in [2.75, 3.05) is 6.61 Å². The highest BCUT2D eigenvalue weighted by molar-refractivity contribution is 6.08. The lowest BCUT2D eigenvalue weighted by Gasteiger charge is -2.56. The van der Waals surface area contributed by atoms with E-state index >= 15 is 0 Å². The van der Waals surface area contributed by atoms with Crippen LogP contribution in [0, 0.1) is 28.6 Å². The molecule has 0 aromatic heterocycles. The molecule has 0 radical (unpaired) electrons. The molecule has 3 fully saturated rings. The van der Waals surface area contributed by atoms with Crippen LogP contribution in [0.2, 0.25) is 0 Å². The summed E-state index contributed by atoms with van der Waals surface area (Å²) in [5.74, 6) is 1.80. The highest BCUT2D eigenvalue weighted by Gasteiger charge is 2.61. The number of carbonyl (C=O) groups excluding carboxylic acids is 3. The monoisotopic (exact) mass is 344 g/mol. The van der Waals surface area contributed by atoms with Crippen molar-refractivity contribution in [2.45, 2.75) is 65.7 Å². The first-order chi connectivity index (χ1) is 11.8. The molecule has 0 spiro atoms. The van der Waals surface area contributed by atoms with E-state index in [4.69, 9.17) is 4.74 Å². The average Bonchev–Trinajstić information content (AvgIpc) is 2.87. The Morgan fingerprint density at radius 1 is 0.960 bits per heavy atom. The molecule has 0 amide bonds. The summed E-state index contributed by atoms with van der Waals surface area (Å²) in [6.45, 7) is 6.57. The molecule has 4 rings (SSSR count). The first-order valence-electron chi connectivity index (χ1n) is 9.80. The Morgan fingerprint density at radius 3 is 2.40 bits per heavy atom. The van der Waals surface area contributed by atoms with Gasteiger partial charge in [-0.1, -0.05) is 13.8 Å². The summed E-state index contributed by atoms with van der Waals surface area (Å²) in [6.07, 6.45) is 5.18. The summed E-state index contributed by atoms with van der Waals surface area (Å²) >= 11 is 0. The van der Waals surface area contributed by atoms with Gasteiger partial charge in [0.05, 0.1) is 6.61 Å². The fraction of sp³-hybridized carbons (Fsp3) is 0.762. The first-order valence-corrected chi connectivity index (χ1v) is 9.80. The van der Waals surface area contributed by atoms with Crippen LogP contribution in [0.3, 0.4) is 0 Å². The zero-order chi connectivity index (χ0) is 18.0. The molecule has 0 saturated heterocycles. The van der Waals surface area contributed by atoms with Gasteiger partial charge in [0.2, 0.25) is 0 Å². The molecule has 5 atom stereocenters. The van der Waals surface area contributed by atoms with E-state index in [0.29, 0.717) is 54.8 Å². The molecule has 3 saturated carbocycles. The molecule has 0 heterocycles. The first kappa shape index (κ1) is 17.0. The Kier molecular flexibility index (Phi) is 3.75. The van der Waals surface area contributed by atoms with Crippen LogP contribution in [0.4, 0.5) is 0 Å². The highest BCUT2D eigenvalue weighted by atomic mass is 16.5. The van der Waals surface area contributed by atoms with Crippen molar-refractivity contribution in [3.8, 4) is 0 Å². The van der Waals surface area contributed by atoms with E-state index in [9.17, 15) is 14.4 Å². The van der Waals surface area contributed by atoms with Crippen molar-refractivity contribution in [1.29, 1.82) is 0 Å². The van der Waals surface area contributed by atoms with E-state index in [1.54, 1.807) is 0 Å². The number of hydrogen-bond acceptors (Lipinski definition) is 4. The van der Waals surface area contributed by atoms with Crippen molar-refractivity contribution < 1.29 is 19.1 Å². The Bertz CT molecular complexity index is 690. The molecular formula is C21H28O4. The molecule has 136 valence electrons. The lowest BCUT2D eigenvalue weighted by atomic mass is 9.47. The normalized spacial score (nSPS) is 43.6. The standard InChI is InChI=1S/C21H28O4/c1-4-25-19-15(22)8-10-21(3)14-7-9-20(2)13(5-6-17(20)24)12(14)11-16(23)18(19)21/h12-14H,4-11H2,1-3H3/t12-,13-,14-,20-,21+/m0/s1. The number of hydrogen-bond donors (Lipinski definition) is 0. The van der Waals surface area contributed by atoms with Crippen molar-refractivity contribution in [2.24, 2.45) is 28.6 Å². The lowest BCUT2D eigenvalue weighted by Crippen LogP contribution is -2.53. The Labute approximate surface area is 149 Å². The third-order valence-corrected chi connectivity index (χ3v) is 7.88. The fourth-order valence-corrected chi connectivity index (χ4v) is 6.57. The van der Waals surface area contributed by atoms with E-state index in [1.165, 1.54) is 0 Å². The highest BCUT2D eigenvalue weighted by Crippen LogP contribution is 2.64. The van der Waals surface area contributed by atoms with Crippen molar-refractivity contribution in [3.05, 3.63) is 11.3 Å². The summed E-state index contributed by atoms with van der Waals surface area (Å²) in [7, 11) is 0. The van der Waals surface area contributed by atoms with Crippen LogP contribution in [-0.4, -0.2) is 24.0 Å². The van der Waals surface area contributed by atoms with E-state index in [2.05, 4.69) is 13.8 Å². The fourth-order valence-electron chi connectivity index (χ4n) is 6.57. The van der Waals surface area contributed by atoms with Crippen LogP contribution in [-0.2, 0) is 19.1 Å². The maximum Gasteiger partial charge on any atom is 0.197 e. The number of Topliss-reactive ketones (excluding diaryl/α,β-unsaturated/α-hetero) is 3. The van der Waals surface area contributed by atoms with Gasteiger partial charge < -0.3 is 4.74 Å². The maximum absolute atomic E-state index is 13.1. The third kappa shape index (κ3) is 2.15. The number of rotatable bonds is 2. The maximum atomic E-state index is 13.1. The van der Waals surface area contributed by atoms with Gasteiger partial charge in [-0.3, -0.25) is 14.4 Å². The minimum atomic E-state index is -0.272. The summed E-state index contributed by atoms with van der Waals surface area (Å²) in [5, 5.41) is 0. The lowest BCUT2D eigenvalue weighted by molar-refractivity contribution is -0.139. The summed E-state index contributed by atoms with van der Waals surface area (Å²) in [4.78, 5) is 38.0. The molecule has 0 unspecified atom stereocenters. The van der Waals surface area contributed by atoms with Crippen molar-refractivity contribution in [1.82, 2.24) is 0 Å². The number of ether oxygens (including phenoxy) is 1. The van der Waals surface area contributed by atoms with E-state index < -0.39 is 0 Å². The third-order valence-electron chi connectivity index (χ3n) is 7.88. The Morgan fingerprint density at radius 2 is 1.68 bits per heavy atom. The molecule has 25 heavy (non-hydrogen) atoms. The number of fused-ring (bicyclic) bond motifs is 5. The molecule has 0 bridgehead atoms. The molecular weight excluding hydrogens is 316 g/mol. The summed E-state index contributed by atoms with van der Waals surface area (Å²) in [6, 6.07) is 0. The molecule has 0 N–H and O–H groups in total. The zero-order valence-corrected chi connectivity index (χ0v) is 15.5. The summed E-state index contributed by atoms with van der Waals surface area (Å²) in [5.41, 5.74) is 0.164. The van der Waals surface area contributed by atoms with Gasteiger partial charge in [-0.15, -0.1) is 0 Å². The second-order valence-electron chi connectivity index (χ2n) is 8.90. The van der Waals surface area contributed by atoms with Crippen LogP contribution in [0.1, 0.15) is 65.7 Å². The molecule has 0 aromatic rings. The topological polar surface area (TPSA) is 60.4 Å². The van der Waals surface area contributed by atoms with Crippen molar-refractivity contribution >= 4 is 17.3 Å². The number of allylic oxidation sites excluding steroid dienone is 1. The smallest absolute Gasteiger partial charge is 0.197 e. The Hall–Kier alpha value is -1.45. The molecule has 4 aliphatic carbocycles. The van der Waals surface area contributed by atoms with Crippen LogP contribution < -0.4 is 0 Å². The molecule has 4 nitrogen and oxygen atoms in total. The van der Waals surface area contributed by atoms with Gasteiger partial charge in [-0.05, 0) is 50.4 Å². The van der Waals surface area contributed by atoms with Gasteiger partial charge >= 0.3 is 0 Å². The molecule has 0 aliphatic heterocycles. The second kappa shape index (κ2) is 5.52. The minimum absolute atomic E-state index is 0.0159. The van der Waals surface area contributed by atoms with Crippen LogP contribution >= 0.6 is 0 Å². The average molecular weight is 344 g/mol. The van der Waals surface area contributed by atoms with Crippen molar-refractivity contribution in [3.63, 3.8) is 0 Å². The number of carbonyl (C=O) groups is 3. The van der Waals surface area contributed by atoms with E-state index in [0.717, 1.165) is 25.7 Å². The quantitative estimate of drug-likeness (QED) is 0.767. The van der Waals surface area contributed by atoms with Crippen LogP contribution in [0.15, 0.2) is 11.3 Å². The SMILES string of the molecule is CCOC1=C2C(=O)C[C@@H]3[C@H](CC[C@]4(C)C(=O)CC[C@@H]34)[C@@]2(C)CCC1=O. The number of ketones is 3. The van der Waals surface area contributed by atoms with E-state index in [1.807, 2.05) is 6.92 Å². The van der Waals surface area contributed by atoms with Gasteiger partial charge in [0.1, 0.15) is 5.78 Å².